The van der Waals surface area contributed by atoms with Crippen LogP contribution >= 0.6 is 0 Å². The van der Waals surface area contributed by atoms with Crippen molar-refractivity contribution in [3.05, 3.63) is 71.3 Å². The normalized spacial score (nSPS) is 12.7. The first-order valence-corrected chi connectivity index (χ1v) is 11.0. The number of imidazole rings is 1. The molecule has 2 N–H and O–H groups in total. The number of anilines is 1. The molecule has 5 heterocycles. The van der Waals surface area contributed by atoms with Crippen LogP contribution in [-0.4, -0.2) is 46.6 Å². The fourth-order valence-electron chi connectivity index (χ4n) is 4.63. The fraction of sp³-hybridized carbons (Fsp3) is 0.208. The van der Waals surface area contributed by atoms with Crippen LogP contribution < -0.4 is 10.1 Å². The Morgan fingerprint density at radius 2 is 2.06 bits per heavy atom. The number of nitrogens with one attached hydrogen (secondary N) is 1. The summed E-state index contributed by atoms with van der Waals surface area (Å²) in [5, 5.41) is 20.8. The number of nitrogens with zero attached hydrogens (tertiary/aromatic N) is 6. The SMILES string of the molecule is Cc1ccc(-c2cnc(NCc3c(F)ccc4c3CCO4)n3cnnc23)c2ncc(CC(=O)O)n12. The number of aromatic nitrogens is 6. The Morgan fingerprint density at radius 1 is 1.17 bits per heavy atom. The van der Waals surface area contributed by atoms with Crippen molar-refractivity contribution in [1.29, 1.82) is 0 Å². The van der Waals surface area contributed by atoms with Gasteiger partial charge in [-0.3, -0.25) is 9.20 Å². The minimum Gasteiger partial charge on any atom is -0.493 e. The zero-order chi connectivity index (χ0) is 24.1. The highest BCUT2D eigenvalue weighted by atomic mass is 19.1. The van der Waals surface area contributed by atoms with Crippen LogP contribution in [0.2, 0.25) is 0 Å². The molecule has 1 aliphatic rings. The van der Waals surface area contributed by atoms with Gasteiger partial charge in [0.15, 0.2) is 5.65 Å². The lowest BCUT2D eigenvalue weighted by Crippen LogP contribution is -2.10. The summed E-state index contributed by atoms with van der Waals surface area (Å²) in [7, 11) is 0. The summed E-state index contributed by atoms with van der Waals surface area (Å²) in [4.78, 5) is 20.3. The van der Waals surface area contributed by atoms with Crippen LogP contribution in [0.4, 0.5) is 10.3 Å². The molecule has 0 saturated carbocycles. The fourth-order valence-corrected chi connectivity index (χ4v) is 4.63. The van der Waals surface area contributed by atoms with Crippen molar-refractivity contribution >= 4 is 23.2 Å². The van der Waals surface area contributed by atoms with E-state index in [2.05, 4.69) is 25.5 Å². The lowest BCUT2D eigenvalue weighted by molar-refractivity contribution is -0.136. The molecular formula is C24H20FN7O3. The molecule has 11 heteroatoms. The third-order valence-electron chi connectivity index (χ3n) is 6.24. The molecule has 0 radical (unpaired) electrons. The summed E-state index contributed by atoms with van der Waals surface area (Å²) in [6.07, 6.45) is 5.29. The Kier molecular flexibility index (Phi) is 4.83. The molecule has 0 aliphatic carbocycles. The van der Waals surface area contributed by atoms with E-state index in [1.165, 1.54) is 12.4 Å². The Bertz CT molecular complexity index is 1630. The zero-order valence-electron chi connectivity index (χ0n) is 18.7. The monoisotopic (exact) mass is 473 g/mol. The molecule has 0 spiro atoms. The Morgan fingerprint density at radius 3 is 2.91 bits per heavy atom. The number of benzene rings is 1. The van der Waals surface area contributed by atoms with Crippen LogP contribution in [0.15, 0.2) is 43.0 Å². The molecule has 0 fully saturated rings. The summed E-state index contributed by atoms with van der Waals surface area (Å²) in [6.45, 7) is 2.67. The van der Waals surface area contributed by atoms with E-state index in [9.17, 15) is 14.3 Å². The minimum absolute atomic E-state index is 0.141. The maximum Gasteiger partial charge on any atom is 0.309 e. The molecule has 5 aromatic rings. The first-order chi connectivity index (χ1) is 17.0. The van der Waals surface area contributed by atoms with Crippen LogP contribution in [0.1, 0.15) is 22.5 Å². The van der Waals surface area contributed by atoms with E-state index in [-0.39, 0.29) is 18.8 Å². The lowest BCUT2D eigenvalue weighted by atomic mass is 10.0. The molecule has 6 rings (SSSR count). The van der Waals surface area contributed by atoms with Gasteiger partial charge in [0.2, 0.25) is 5.95 Å². The number of ether oxygens (including phenoxy) is 1. The number of carbonyl (C=O) groups is 1. The predicted octanol–water partition coefficient (Wildman–Crippen LogP) is 3.06. The molecule has 176 valence electrons. The third kappa shape index (κ3) is 3.43. The molecule has 4 aromatic heterocycles. The van der Waals surface area contributed by atoms with E-state index >= 15 is 0 Å². The number of aliphatic carboxylic acids is 1. The second kappa shape index (κ2) is 8.05. The molecule has 0 amide bonds. The summed E-state index contributed by atoms with van der Waals surface area (Å²) >= 11 is 0. The van der Waals surface area contributed by atoms with Crippen LogP contribution in [0, 0.1) is 12.7 Å². The van der Waals surface area contributed by atoms with E-state index in [0.717, 1.165) is 16.8 Å². The van der Waals surface area contributed by atoms with Crippen molar-refractivity contribution in [1.82, 2.24) is 29.0 Å². The molecule has 0 unspecified atom stereocenters. The first kappa shape index (κ1) is 21.0. The highest BCUT2D eigenvalue weighted by Gasteiger charge is 2.21. The third-order valence-corrected chi connectivity index (χ3v) is 6.24. The van der Waals surface area contributed by atoms with Gasteiger partial charge in [-0.05, 0) is 31.2 Å². The zero-order valence-corrected chi connectivity index (χ0v) is 18.7. The number of aryl methyl sites for hydroxylation is 1. The molecule has 0 saturated heterocycles. The van der Waals surface area contributed by atoms with Crippen LogP contribution in [0.25, 0.3) is 22.4 Å². The number of hydrogen-bond donors (Lipinski definition) is 2. The number of fused-ring (bicyclic) bond motifs is 3. The van der Waals surface area contributed by atoms with Crippen LogP contribution in [0.3, 0.4) is 0 Å². The van der Waals surface area contributed by atoms with Crippen molar-refractivity contribution < 1.29 is 19.0 Å². The van der Waals surface area contributed by atoms with E-state index in [1.54, 1.807) is 22.9 Å². The van der Waals surface area contributed by atoms with Gasteiger partial charge in [-0.1, -0.05) is 0 Å². The Labute approximate surface area is 198 Å². The summed E-state index contributed by atoms with van der Waals surface area (Å²) in [6, 6.07) is 6.88. The van der Waals surface area contributed by atoms with Gasteiger partial charge in [0.25, 0.3) is 0 Å². The number of hydrogen-bond acceptors (Lipinski definition) is 7. The number of pyridine rings is 1. The quantitative estimate of drug-likeness (QED) is 0.386. The number of carboxylic acids is 1. The first-order valence-electron chi connectivity index (χ1n) is 11.0. The summed E-state index contributed by atoms with van der Waals surface area (Å²) < 4.78 is 23.6. The number of halogens is 1. The molecule has 0 bridgehead atoms. The van der Waals surface area contributed by atoms with E-state index in [1.807, 2.05) is 23.5 Å². The predicted molar refractivity (Wildman–Crippen MR) is 124 cm³/mol. The van der Waals surface area contributed by atoms with E-state index in [4.69, 9.17) is 4.74 Å². The standard InChI is InChI=1S/C24H20FN7O3/c1-13-2-3-16(22-26-9-14(32(13)22)8-21(33)34)18-11-28-24(31-12-29-30-23(18)31)27-10-17-15-6-7-35-20(15)5-4-19(17)25/h2-5,9,11-12H,6-8,10H2,1H3,(H,27,28)(H,33,34). The number of carboxylic acid groups (broad SMARTS) is 1. The van der Waals surface area contributed by atoms with E-state index < -0.39 is 5.97 Å². The van der Waals surface area contributed by atoms with Crippen molar-refractivity contribution in [3.8, 4) is 16.9 Å². The van der Waals surface area contributed by atoms with Crippen LogP contribution in [-0.2, 0) is 24.2 Å². The smallest absolute Gasteiger partial charge is 0.309 e. The van der Waals surface area contributed by atoms with Gasteiger partial charge >= 0.3 is 5.97 Å². The van der Waals surface area contributed by atoms with Gasteiger partial charge in [-0.2, -0.15) is 0 Å². The Hall–Kier alpha value is -4.54. The molecule has 1 aromatic carbocycles. The van der Waals surface area contributed by atoms with Gasteiger partial charge in [-0.15, -0.1) is 10.2 Å². The summed E-state index contributed by atoms with van der Waals surface area (Å²) in [5.74, 6) is -0.0495. The van der Waals surface area contributed by atoms with Gasteiger partial charge in [-0.25, -0.2) is 14.4 Å². The minimum atomic E-state index is -0.930. The maximum absolute atomic E-state index is 14.6. The average molecular weight is 473 g/mol. The van der Waals surface area contributed by atoms with Gasteiger partial charge < -0.3 is 19.6 Å². The van der Waals surface area contributed by atoms with Crippen LogP contribution in [0.5, 0.6) is 5.75 Å². The summed E-state index contributed by atoms with van der Waals surface area (Å²) in [5.41, 5.74) is 5.44. The van der Waals surface area contributed by atoms with Crippen molar-refractivity contribution in [2.45, 2.75) is 26.3 Å². The molecule has 10 nitrogen and oxygen atoms in total. The second-order valence-electron chi connectivity index (χ2n) is 8.34. The van der Waals surface area contributed by atoms with Crippen molar-refractivity contribution in [3.63, 3.8) is 0 Å². The number of rotatable bonds is 6. The Balaban J connectivity index is 1.39. The molecular weight excluding hydrogens is 453 g/mol. The van der Waals surface area contributed by atoms with Crippen molar-refractivity contribution in [2.75, 3.05) is 11.9 Å². The van der Waals surface area contributed by atoms with Gasteiger partial charge in [0.05, 0.1) is 18.7 Å². The molecule has 35 heavy (non-hydrogen) atoms. The van der Waals surface area contributed by atoms with Gasteiger partial charge in [0, 0.05) is 53.3 Å². The lowest BCUT2D eigenvalue weighted by Gasteiger charge is -2.13. The maximum atomic E-state index is 14.6. The highest BCUT2D eigenvalue weighted by molar-refractivity contribution is 5.86. The molecule has 0 atom stereocenters. The largest absolute Gasteiger partial charge is 0.493 e. The average Bonchev–Trinajstić information content (AvgIpc) is 3.59. The van der Waals surface area contributed by atoms with E-state index in [0.29, 0.717) is 52.8 Å². The topological polar surface area (TPSA) is 119 Å². The van der Waals surface area contributed by atoms with Gasteiger partial charge in [0.1, 0.15) is 23.5 Å². The highest BCUT2D eigenvalue weighted by Crippen LogP contribution is 2.32. The second-order valence-corrected chi connectivity index (χ2v) is 8.34. The molecule has 1 aliphatic heterocycles. The van der Waals surface area contributed by atoms with Crippen molar-refractivity contribution in [2.24, 2.45) is 0 Å².